The van der Waals surface area contributed by atoms with Crippen molar-refractivity contribution in [1.29, 1.82) is 5.26 Å². The lowest BCUT2D eigenvalue weighted by molar-refractivity contribution is 0.220. The molecule has 23 heavy (non-hydrogen) atoms. The maximum atomic E-state index is 12.2. The summed E-state index contributed by atoms with van der Waals surface area (Å²) >= 11 is 0. The van der Waals surface area contributed by atoms with E-state index in [0.29, 0.717) is 17.8 Å². The van der Waals surface area contributed by atoms with Gasteiger partial charge in [-0.05, 0) is 35.9 Å². The van der Waals surface area contributed by atoms with Gasteiger partial charge in [-0.3, -0.25) is 4.21 Å². The molecule has 2 amide bonds. The molecule has 1 N–H and O–H groups in total. The van der Waals surface area contributed by atoms with Crippen LogP contribution in [0.1, 0.15) is 11.1 Å². The average molecular weight is 327 g/mol. The second-order valence-corrected chi connectivity index (χ2v) is 6.46. The number of hydrogen-bond donors (Lipinski definition) is 1. The predicted molar refractivity (Wildman–Crippen MR) is 90.4 cm³/mol. The number of carbonyl (C=O) groups is 1. The summed E-state index contributed by atoms with van der Waals surface area (Å²) in [6.45, 7) is 0.431. The molecule has 2 aromatic rings. The molecule has 2 aromatic carbocycles. The maximum absolute atomic E-state index is 12.2. The van der Waals surface area contributed by atoms with Crippen LogP contribution in [-0.4, -0.2) is 28.4 Å². The van der Waals surface area contributed by atoms with Crippen molar-refractivity contribution in [1.82, 2.24) is 4.90 Å². The number of anilines is 1. The fraction of sp³-hybridized carbons (Fsp3) is 0.176. The van der Waals surface area contributed by atoms with Crippen LogP contribution in [0.3, 0.4) is 0 Å². The molecule has 0 unspecified atom stereocenters. The minimum atomic E-state index is -1.01. The van der Waals surface area contributed by atoms with Gasteiger partial charge in [0.1, 0.15) is 0 Å². The average Bonchev–Trinajstić information content (AvgIpc) is 2.55. The number of nitrogens with one attached hydrogen (secondary N) is 1. The van der Waals surface area contributed by atoms with E-state index in [4.69, 9.17) is 5.26 Å². The highest BCUT2D eigenvalue weighted by atomic mass is 32.2. The first-order valence-electron chi connectivity index (χ1n) is 6.94. The fourth-order valence-corrected chi connectivity index (χ4v) is 2.54. The van der Waals surface area contributed by atoms with Crippen molar-refractivity contribution in [3.63, 3.8) is 0 Å². The molecule has 5 nitrogen and oxygen atoms in total. The van der Waals surface area contributed by atoms with Crippen LogP contribution in [0.5, 0.6) is 0 Å². The molecule has 0 radical (unpaired) electrons. The zero-order valence-electron chi connectivity index (χ0n) is 12.9. The van der Waals surface area contributed by atoms with Gasteiger partial charge in [0.2, 0.25) is 0 Å². The number of hydrogen-bond acceptors (Lipinski definition) is 3. The Morgan fingerprint density at radius 1 is 1.26 bits per heavy atom. The molecule has 0 saturated heterocycles. The topological polar surface area (TPSA) is 73.2 Å². The third-order valence-electron chi connectivity index (χ3n) is 3.26. The van der Waals surface area contributed by atoms with Gasteiger partial charge in [-0.15, -0.1) is 0 Å². The van der Waals surface area contributed by atoms with Crippen molar-refractivity contribution >= 4 is 22.5 Å². The Bertz CT molecular complexity index is 766. The fourth-order valence-electron chi connectivity index (χ4n) is 2.02. The van der Waals surface area contributed by atoms with Gasteiger partial charge in [0.25, 0.3) is 0 Å². The Kier molecular flexibility index (Phi) is 5.50. The Morgan fingerprint density at radius 2 is 1.96 bits per heavy atom. The number of carbonyl (C=O) groups excluding carboxylic acids is 1. The molecule has 0 aliphatic rings. The van der Waals surface area contributed by atoms with Crippen LogP contribution >= 0.6 is 0 Å². The van der Waals surface area contributed by atoms with E-state index in [9.17, 15) is 9.00 Å². The van der Waals surface area contributed by atoms with Crippen LogP contribution in [0.4, 0.5) is 10.5 Å². The summed E-state index contributed by atoms with van der Waals surface area (Å²) in [6, 6.07) is 15.8. The van der Waals surface area contributed by atoms with Gasteiger partial charge in [-0.1, -0.05) is 18.2 Å². The second-order valence-electron chi connectivity index (χ2n) is 5.08. The summed E-state index contributed by atoms with van der Waals surface area (Å²) < 4.78 is 11.4. The summed E-state index contributed by atoms with van der Waals surface area (Å²) in [4.78, 5) is 14.5. The Morgan fingerprint density at radius 3 is 2.57 bits per heavy atom. The number of nitrogens with zero attached hydrogens (tertiary/aromatic N) is 2. The molecule has 0 bridgehead atoms. The van der Waals surface area contributed by atoms with Crippen LogP contribution in [-0.2, 0) is 17.3 Å². The normalized spacial score (nSPS) is 11.3. The minimum absolute atomic E-state index is 0.261. The molecule has 0 saturated carbocycles. The molecule has 0 spiro atoms. The lowest BCUT2D eigenvalue weighted by Gasteiger charge is -2.18. The smallest absolute Gasteiger partial charge is 0.321 e. The molecule has 1 atom stereocenters. The number of benzene rings is 2. The molecule has 0 aliphatic heterocycles. The summed E-state index contributed by atoms with van der Waals surface area (Å²) in [5.41, 5.74) is 2.02. The third-order valence-corrected chi connectivity index (χ3v) is 4.20. The van der Waals surface area contributed by atoms with Crippen molar-refractivity contribution in [3.8, 4) is 6.07 Å². The van der Waals surface area contributed by atoms with Crippen LogP contribution < -0.4 is 5.32 Å². The monoisotopic (exact) mass is 327 g/mol. The number of rotatable bonds is 4. The van der Waals surface area contributed by atoms with Gasteiger partial charge in [-0.2, -0.15) is 5.26 Å². The molecule has 0 heterocycles. The van der Waals surface area contributed by atoms with Gasteiger partial charge in [0, 0.05) is 41.2 Å². The largest absolute Gasteiger partial charge is 0.323 e. The van der Waals surface area contributed by atoms with E-state index in [1.54, 1.807) is 49.7 Å². The lowest BCUT2D eigenvalue weighted by Crippen LogP contribution is -2.30. The highest BCUT2D eigenvalue weighted by Gasteiger charge is 2.10. The van der Waals surface area contributed by atoms with E-state index in [-0.39, 0.29) is 6.03 Å². The van der Waals surface area contributed by atoms with Crippen molar-refractivity contribution < 1.29 is 9.00 Å². The van der Waals surface area contributed by atoms with Crippen molar-refractivity contribution in [2.75, 3.05) is 18.6 Å². The van der Waals surface area contributed by atoms with Gasteiger partial charge in [-0.25, -0.2) is 4.79 Å². The minimum Gasteiger partial charge on any atom is -0.323 e. The Labute approximate surface area is 138 Å². The van der Waals surface area contributed by atoms with E-state index in [2.05, 4.69) is 5.32 Å². The third kappa shape index (κ3) is 4.66. The summed E-state index contributed by atoms with van der Waals surface area (Å²) in [5.74, 6) is 0. The zero-order chi connectivity index (χ0) is 16.8. The van der Waals surface area contributed by atoms with Crippen molar-refractivity contribution in [2.45, 2.75) is 11.4 Å². The van der Waals surface area contributed by atoms with Gasteiger partial charge in [0.15, 0.2) is 0 Å². The standard InChI is InChI=1S/C17H17N3O2S/c1-20(12-13-6-8-16(9-7-13)23(2)22)17(21)19-15-5-3-4-14(10-15)11-18/h3-10H,12H2,1-2H3,(H,19,21)/t23-/m0/s1. The second kappa shape index (κ2) is 7.56. The molecule has 0 aromatic heterocycles. The van der Waals surface area contributed by atoms with Crippen LogP contribution in [0, 0.1) is 11.3 Å². The molecular weight excluding hydrogens is 310 g/mol. The first-order valence-corrected chi connectivity index (χ1v) is 8.50. The van der Waals surface area contributed by atoms with E-state index in [1.165, 1.54) is 4.90 Å². The van der Waals surface area contributed by atoms with E-state index in [1.807, 2.05) is 18.2 Å². The van der Waals surface area contributed by atoms with Crippen molar-refractivity contribution in [3.05, 3.63) is 59.7 Å². The Hall–Kier alpha value is -2.65. The van der Waals surface area contributed by atoms with Crippen LogP contribution in [0.25, 0.3) is 0 Å². The summed E-state index contributed by atoms with van der Waals surface area (Å²) in [5, 5.41) is 11.6. The van der Waals surface area contributed by atoms with Gasteiger partial charge >= 0.3 is 6.03 Å². The van der Waals surface area contributed by atoms with Crippen LogP contribution in [0.2, 0.25) is 0 Å². The molecule has 0 fully saturated rings. The lowest BCUT2D eigenvalue weighted by atomic mass is 10.2. The van der Waals surface area contributed by atoms with Gasteiger partial charge < -0.3 is 10.2 Å². The summed E-state index contributed by atoms with van der Waals surface area (Å²) in [6.07, 6.45) is 1.63. The Balaban J connectivity index is 1.99. The number of amides is 2. The van der Waals surface area contributed by atoms with E-state index >= 15 is 0 Å². The van der Waals surface area contributed by atoms with E-state index < -0.39 is 10.8 Å². The van der Waals surface area contributed by atoms with Crippen LogP contribution in [0.15, 0.2) is 53.4 Å². The van der Waals surface area contributed by atoms with Crippen molar-refractivity contribution in [2.24, 2.45) is 0 Å². The molecular formula is C17H17N3O2S. The molecule has 118 valence electrons. The molecule has 0 aliphatic carbocycles. The SMILES string of the molecule is CN(Cc1ccc([S@](C)=O)cc1)C(=O)Nc1cccc(C#N)c1. The highest BCUT2D eigenvalue weighted by Crippen LogP contribution is 2.12. The first kappa shape index (κ1) is 16.7. The summed E-state index contributed by atoms with van der Waals surface area (Å²) in [7, 11) is 0.682. The molecule has 2 rings (SSSR count). The number of nitriles is 1. The zero-order valence-corrected chi connectivity index (χ0v) is 13.8. The maximum Gasteiger partial charge on any atom is 0.321 e. The van der Waals surface area contributed by atoms with Gasteiger partial charge in [0.05, 0.1) is 11.6 Å². The highest BCUT2D eigenvalue weighted by molar-refractivity contribution is 7.84. The van der Waals surface area contributed by atoms with E-state index in [0.717, 1.165) is 10.5 Å². The predicted octanol–water partition coefficient (Wildman–Crippen LogP) is 2.96. The molecule has 6 heteroatoms. The quantitative estimate of drug-likeness (QED) is 0.938. The number of urea groups is 1. The first-order chi connectivity index (χ1) is 11.0.